The highest BCUT2D eigenvalue weighted by Gasteiger charge is 2.10. The molecule has 0 radical (unpaired) electrons. The molecule has 2 N–H and O–H groups in total. The summed E-state index contributed by atoms with van der Waals surface area (Å²) in [7, 11) is 1.32. The standard InChI is InChI=1S/C20H19ClN4O3/c1-3-28-15-7-5-14(6-8-15)23-18-10-11-22-20(25-18)24-17-12-13(19(26)27-2)4-9-16(17)21/h4-12H,3H2,1-2H3,(H2,22,23,24,25). The zero-order valence-corrected chi connectivity index (χ0v) is 16.2. The van der Waals surface area contributed by atoms with Gasteiger partial charge in [0.15, 0.2) is 0 Å². The number of nitrogens with zero attached hydrogens (tertiary/aromatic N) is 2. The highest BCUT2D eigenvalue weighted by atomic mass is 35.5. The van der Waals surface area contributed by atoms with E-state index in [1.165, 1.54) is 7.11 Å². The number of hydrogen-bond acceptors (Lipinski definition) is 7. The van der Waals surface area contributed by atoms with E-state index in [9.17, 15) is 4.79 Å². The first-order valence-corrected chi connectivity index (χ1v) is 8.94. The number of esters is 1. The van der Waals surface area contributed by atoms with E-state index in [4.69, 9.17) is 21.1 Å². The van der Waals surface area contributed by atoms with E-state index in [1.54, 1.807) is 30.5 Å². The van der Waals surface area contributed by atoms with Crippen molar-refractivity contribution >= 4 is 40.7 Å². The Bertz CT molecular complexity index is 964. The van der Waals surface area contributed by atoms with Crippen molar-refractivity contribution in [2.75, 3.05) is 24.4 Å². The lowest BCUT2D eigenvalue weighted by molar-refractivity contribution is 0.0601. The lowest BCUT2D eigenvalue weighted by Gasteiger charge is -2.11. The number of methoxy groups -OCH3 is 1. The molecule has 0 aliphatic carbocycles. The fourth-order valence-corrected chi connectivity index (χ4v) is 2.59. The summed E-state index contributed by atoms with van der Waals surface area (Å²) in [4.78, 5) is 20.3. The second kappa shape index (κ2) is 9.05. The van der Waals surface area contributed by atoms with Gasteiger partial charge in [-0.3, -0.25) is 0 Å². The van der Waals surface area contributed by atoms with Crippen molar-refractivity contribution in [2.24, 2.45) is 0 Å². The van der Waals surface area contributed by atoms with E-state index in [2.05, 4.69) is 20.6 Å². The summed E-state index contributed by atoms with van der Waals surface area (Å²) in [6.45, 7) is 2.56. The summed E-state index contributed by atoms with van der Waals surface area (Å²) in [6.07, 6.45) is 1.62. The first-order valence-electron chi connectivity index (χ1n) is 8.57. The van der Waals surface area contributed by atoms with Crippen LogP contribution in [-0.4, -0.2) is 29.7 Å². The van der Waals surface area contributed by atoms with Gasteiger partial charge in [0.05, 0.1) is 30.0 Å². The molecule has 0 spiro atoms. The van der Waals surface area contributed by atoms with Crippen LogP contribution in [0.3, 0.4) is 0 Å². The van der Waals surface area contributed by atoms with E-state index in [1.807, 2.05) is 31.2 Å². The molecule has 0 atom stereocenters. The lowest BCUT2D eigenvalue weighted by Crippen LogP contribution is -2.04. The van der Waals surface area contributed by atoms with Crippen molar-refractivity contribution in [3.05, 3.63) is 65.3 Å². The van der Waals surface area contributed by atoms with Crippen LogP contribution < -0.4 is 15.4 Å². The largest absolute Gasteiger partial charge is 0.494 e. The smallest absolute Gasteiger partial charge is 0.337 e. The second-order valence-corrected chi connectivity index (χ2v) is 6.07. The predicted molar refractivity (Wildman–Crippen MR) is 109 cm³/mol. The number of hydrogen-bond donors (Lipinski definition) is 2. The van der Waals surface area contributed by atoms with Gasteiger partial charge < -0.3 is 20.1 Å². The molecule has 0 saturated heterocycles. The molecule has 1 aromatic heterocycles. The highest BCUT2D eigenvalue weighted by molar-refractivity contribution is 6.33. The van der Waals surface area contributed by atoms with Crippen LogP contribution in [0, 0.1) is 0 Å². The third kappa shape index (κ3) is 4.89. The summed E-state index contributed by atoms with van der Waals surface area (Å²) < 4.78 is 10.2. The Morgan fingerprint density at radius 1 is 1.11 bits per heavy atom. The Morgan fingerprint density at radius 2 is 1.89 bits per heavy atom. The predicted octanol–water partition coefficient (Wildman–Crippen LogP) is 4.80. The van der Waals surface area contributed by atoms with Crippen LogP contribution in [0.1, 0.15) is 17.3 Å². The molecule has 0 amide bonds. The first-order chi connectivity index (χ1) is 13.6. The van der Waals surface area contributed by atoms with Crippen LogP contribution in [0.4, 0.5) is 23.1 Å². The van der Waals surface area contributed by atoms with Crippen LogP contribution in [-0.2, 0) is 4.74 Å². The van der Waals surface area contributed by atoms with Gasteiger partial charge >= 0.3 is 5.97 Å². The molecule has 3 rings (SSSR count). The SMILES string of the molecule is CCOc1ccc(Nc2ccnc(Nc3cc(C(=O)OC)ccc3Cl)n2)cc1. The minimum absolute atomic E-state index is 0.333. The molecule has 3 aromatic rings. The van der Waals surface area contributed by atoms with E-state index in [0.717, 1.165) is 11.4 Å². The molecule has 8 heteroatoms. The molecule has 0 saturated carbocycles. The van der Waals surface area contributed by atoms with Crippen molar-refractivity contribution in [2.45, 2.75) is 6.92 Å². The van der Waals surface area contributed by atoms with E-state index >= 15 is 0 Å². The molecule has 1 heterocycles. The van der Waals surface area contributed by atoms with Gasteiger partial charge in [-0.05, 0) is 55.5 Å². The zero-order chi connectivity index (χ0) is 19.9. The molecule has 0 unspecified atom stereocenters. The topological polar surface area (TPSA) is 85.4 Å². The number of carbonyl (C=O) groups is 1. The number of aromatic nitrogens is 2. The number of nitrogens with one attached hydrogen (secondary N) is 2. The van der Waals surface area contributed by atoms with Crippen LogP contribution >= 0.6 is 11.6 Å². The van der Waals surface area contributed by atoms with Crippen molar-refractivity contribution in [3.63, 3.8) is 0 Å². The Morgan fingerprint density at radius 3 is 2.61 bits per heavy atom. The van der Waals surface area contributed by atoms with Gasteiger partial charge in [-0.2, -0.15) is 4.98 Å². The van der Waals surface area contributed by atoms with Crippen molar-refractivity contribution < 1.29 is 14.3 Å². The van der Waals surface area contributed by atoms with Gasteiger partial charge in [0, 0.05) is 11.9 Å². The molecule has 144 valence electrons. The Labute approximate surface area is 167 Å². The fraction of sp³-hybridized carbons (Fsp3) is 0.150. The maximum absolute atomic E-state index is 11.7. The highest BCUT2D eigenvalue weighted by Crippen LogP contribution is 2.26. The molecule has 0 aliphatic heterocycles. The summed E-state index contributed by atoms with van der Waals surface area (Å²) in [5, 5.41) is 6.65. The number of halogens is 1. The maximum Gasteiger partial charge on any atom is 0.337 e. The van der Waals surface area contributed by atoms with Crippen molar-refractivity contribution in [1.29, 1.82) is 0 Å². The summed E-state index contributed by atoms with van der Waals surface area (Å²) in [5.41, 5.74) is 1.74. The molecular formula is C20H19ClN4O3. The van der Waals surface area contributed by atoms with E-state index in [-0.39, 0.29) is 0 Å². The Hall–Kier alpha value is -3.32. The summed E-state index contributed by atoms with van der Waals surface area (Å²) in [6, 6.07) is 14.1. The number of benzene rings is 2. The quantitative estimate of drug-likeness (QED) is 0.552. The fourth-order valence-electron chi connectivity index (χ4n) is 2.42. The number of carbonyl (C=O) groups excluding carboxylic acids is 1. The monoisotopic (exact) mass is 398 g/mol. The normalized spacial score (nSPS) is 10.2. The van der Waals surface area contributed by atoms with Crippen molar-refractivity contribution in [1.82, 2.24) is 9.97 Å². The van der Waals surface area contributed by atoms with Gasteiger partial charge in [0.2, 0.25) is 5.95 Å². The average molecular weight is 399 g/mol. The maximum atomic E-state index is 11.7. The third-order valence-corrected chi connectivity index (χ3v) is 4.06. The van der Waals surface area contributed by atoms with Crippen molar-refractivity contribution in [3.8, 4) is 5.75 Å². The van der Waals surface area contributed by atoms with Gasteiger partial charge in [0.25, 0.3) is 0 Å². The number of rotatable bonds is 7. The van der Waals surface area contributed by atoms with Gasteiger partial charge in [-0.25, -0.2) is 9.78 Å². The number of ether oxygens (including phenoxy) is 2. The van der Waals surface area contributed by atoms with Crippen LogP contribution in [0.25, 0.3) is 0 Å². The average Bonchev–Trinajstić information content (AvgIpc) is 2.71. The Balaban J connectivity index is 1.75. The molecular weight excluding hydrogens is 380 g/mol. The van der Waals surface area contributed by atoms with E-state index in [0.29, 0.717) is 34.6 Å². The first kappa shape index (κ1) is 19.4. The van der Waals surface area contributed by atoms with Crippen LogP contribution in [0.2, 0.25) is 5.02 Å². The molecule has 0 bridgehead atoms. The Kier molecular flexibility index (Phi) is 6.29. The number of anilines is 4. The van der Waals surface area contributed by atoms with E-state index < -0.39 is 5.97 Å². The molecule has 0 fully saturated rings. The van der Waals surface area contributed by atoms with Gasteiger partial charge in [0.1, 0.15) is 11.6 Å². The summed E-state index contributed by atoms with van der Waals surface area (Å²) >= 11 is 6.21. The van der Waals surface area contributed by atoms with Gasteiger partial charge in [-0.15, -0.1) is 0 Å². The molecule has 7 nitrogen and oxygen atoms in total. The van der Waals surface area contributed by atoms with Gasteiger partial charge in [-0.1, -0.05) is 11.6 Å². The zero-order valence-electron chi connectivity index (χ0n) is 15.4. The minimum atomic E-state index is -0.452. The second-order valence-electron chi connectivity index (χ2n) is 5.66. The third-order valence-electron chi connectivity index (χ3n) is 3.73. The minimum Gasteiger partial charge on any atom is -0.494 e. The lowest BCUT2D eigenvalue weighted by atomic mass is 10.2. The van der Waals surface area contributed by atoms with Crippen LogP contribution in [0.15, 0.2) is 54.7 Å². The van der Waals surface area contributed by atoms with Crippen LogP contribution in [0.5, 0.6) is 5.75 Å². The molecule has 0 aliphatic rings. The molecule has 2 aromatic carbocycles. The molecule has 28 heavy (non-hydrogen) atoms. The summed E-state index contributed by atoms with van der Waals surface area (Å²) in [5.74, 6) is 1.28.